The molecular weight excluding hydrogens is 352 g/mol. The topological polar surface area (TPSA) is 195 Å². The van der Waals surface area contributed by atoms with Crippen LogP contribution in [-0.4, -0.2) is 46.0 Å². The van der Waals surface area contributed by atoms with E-state index in [4.69, 9.17) is 4.42 Å². The molecule has 0 saturated carbocycles. The summed E-state index contributed by atoms with van der Waals surface area (Å²) in [6, 6.07) is 0.905. The average molecular weight is 362 g/mol. The molecule has 0 bridgehead atoms. The molecule has 0 aliphatic carbocycles. The van der Waals surface area contributed by atoms with Gasteiger partial charge >= 0.3 is 0 Å². The highest BCUT2D eigenvalue weighted by Crippen LogP contribution is 2.59. The first-order valence-corrected chi connectivity index (χ1v) is 7.00. The van der Waals surface area contributed by atoms with Gasteiger partial charge in [0.15, 0.2) is 34.3 Å². The van der Waals surface area contributed by atoms with E-state index < -0.39 is 68.1 Å². The zero-order valence-corrected chi connectivity index (χ0v) is 12.5. The standard InChI is InChI=1S/C16H10O10/c17-2-1-3-4(10(20)8(2)18)7-9(19)5-6(13(23)16(7)26-3)12(22)15(25)14(24)11(5)21/h1,17-25H. The van der Waals surface area contributed by atoms with E-state index in [2.05, 4.69) is 0 Å². The Labute approximate surface area is 141 Å². The van der Waals surface area contributed by atoms with E-state index in [1.54, 1.807) is 0 Å². The van der Waals surface area contributed by atoms with E-state index in [0.29, 0.717) is 0 Å². The number of aromatic hydroxyl groups is 9. The number of benzene rings is 3. The number of hydrogen-bond acceptors (Lipinski definition) is 10. The molecule has 0 radical (unpaired) electrons. The molecule has 0 spiro atoms. The molecule has 10 nitrogen and oxygen atoms in total. The first-order valence-electron chi connectivity index (χ1n) is 7.00. The highest BCUT2D eigenvalue weighted by atomic mass is 16.4. The van der Waals surface area contributed by atoms with E-state index >= 15 is 0 Å². The summed E-state index contributed by atoms with van der Waals surface area (Å²) in [5, 5.41) is 87.6. The highest BCUT2D eigenvalue weighted by Gasteiger charge is 2.30. The van der Waals surface area contributed by atoms with Gasteiger partial charge in [-0.25, -0.2) is 0 Å². The van der Waals surface area contributed by atoms with Crippen molar-refractivity contribution in [2.24, 2.45) is 0 Å². The molecule has 0 amide bonds. The first-order chi connectivity index (χ1) is 12.2. The zero-order chi connectivity index (χ0) is 19.1. The van der Waals surface area contributed by atoms with E-state index in [1.807, 2.05) is 0 Å². The van der Waals surface area contributed by atoms with Crippen LogP contribution < -0.4 is 0 Å². The van der Waals surface area contributed by atoms with Crippen molar-refractivity contribution in [3.63, 3.8) is 0 Å². The summed E-state index contributed by atoms with van der Waals surface area (Å²) in [4.78, 5) is 0. The lowest BCUT2D eigenvalue weighted by molar-refractivity contribution is 0.349. The van der Waals surface area contributed by atoms with Crippen molar-refractivity contribution in [3.05, 3.63) is 6.07 Å². The van der Waals surface area contributed by atoms with Crippen LogP contribution in [0.5, 0.6) is 51.7 Å². The number of rotatable bonds is 0. The summed E-state index contributed by atoms with van der Waals surface area (Å²) < 4.78 is 5.28. The predicted molar refractivity (Wildman–Crippen MR) is 86.2 cm³/mol. The molecule has 134 valence electrons. The maximum atomic E-state index is 10.5. The van der Waals surface area contributed by atoms with Crippen molar-refractivity contribution in [2.45, 2.75) is 0 Å². The van der Waals surface area contributed by atoms with Gasteiger partial charge < -0.3 is 50.4 Å². The van der Waals surface area contributed by atoms with E-state index in [9.17, 15) is 46.0 Å². The van der Waals surface area contributed by atoms with Crippen molar-refractivity contribution >= 4 is 32.7 Å². The Hall–Kier alpha value is -4.08. The van der Waals surface area contributed by atoms with Crippen molar-refractivity contribution in [1.82, 2.24) is 0 Å². The van der Waals surface area contributed by atoms with Crippen molar-refractivity contribution < 1.29 is 50.4 Å². The number of fused-ring (bicyclic) bond motifs is 4. The lowest BCUT2D eigenvalue weighted by Gasteiger charge is -2.12. The Bertz CT molecular complexity index is 1270. The smallest absolute Gasteiger partial charge is 0.205 e. The second-order valence-electron chi connectivity index (χ2n) is 5.61. The minimum Gasteiger partial charge on any atom is -0.506 e. The van der Waals surface area contributed by atoms with Crippen LogP contribution in [-0.2, 0) is 0 Å². The second-order valence-corrected chi connectivity index (χ2v) is 5.61. The number of phenols is 9. The van der Waals surface area contributed by atoms with Gasteiger partial charge in [0, 0.05) is 6.07 Å². The molecule has 3 aromatic carbocycles. The Morgan fingerprint density at radius 1 is 0.462 bits per heavy atom. The molecule has 0 saturated heterocycles. The van der Waals surface area contributed by atoms with Gasteiger partial charge in [0.2, 0.25) is 17.2 Å². The molecule has 26 heavy (non-hydrogen) atoms. The van der Waals surface area contributed by atoms with Crippen LogP contribution in [0.25, 0.3) is 32.7 Å². The van der Waals surface area contributed by atoms with Crippen LogP contribution in [0.15, 0.2) is 10.5 Å². The normalized spacial score (nSPS) is 11.7. The molecule has 0 aliphatic rings. The van der Waals surface area contributed by atoms with Gasteiger partial charge in [-0.2, -0.15) is 0 Å². The maximum Gasteiger partial charge on any atom is 0.205 e. The Morgan fingerprint density at radius 3 is 1.54 bits per heavy atom. The summed E-state index contributed by atoms with van der Waals surface area (Å²) >= 11 is 0. The zero-order valence-electron chi connectivity index (χ0n) is 12.5. The molecule has 0 aliphatic heterocycles. The fourth-order valence-corrected chi connectivity index (χ4v) is 3.01. The molecule has 0 unspecified atom stereocenters. The van der Waals surface area contributed by atoms with Gasteiger partial charge in [-0.15, -0.1) is 0 Å². The largest absolute Gasteiger partial charge is 0.506 e. The molecule has 1 aromatic heterocycles. The molecule has 4 aromatic rings. The Kier molecular flexibility index (Phi) is 2.68. The van der Waals surface area contributed by atoms with Crippen LogP contribution in [0.4, 0.5) is 0 Å². The molecular formula is C16H10O10. The summed E-state index contributed by atoms with van der Waals surface area (Å²) in [5.74, 6) is -8.60. The van der Waals surface area contributed by atoms with Crippen LogP contribution in [0.3, 0.4) is 0 Å². The summed E-state index contributed by atoms with van der Waals surface area (Å²) in [7, 11) is 0. The summed E-state index contributed by atoms with van der Waals surface area (Å²) in [6.07, 6.45) is 0. The van der Waals surface area contributed by atoms with E-state index in [-0.39, 0.29) is 16.4 Å². The van der Waals surface area contributed by atoms with Gasteiger partial charge in [-0.1, -0.05) is 0 Å². The lowest BCUT2D eigenvalue weighted by atomic mass is 10.00. The van der Waals surface area contributed by atoms with Crippen LogP contribution >= 0.6 is 0 Å². The lowest BCUT2D eigenvalue weighted by Crippen LogP contribution is -1.84. The average Bonchev–Trinajstić information content (AvgIpc) is 2.98. The number of furan rings is 1. The second kappa shape index (κ2) is 4.51. The molecule has 9 N–H and O–H groups in total. The molecule has 10 heteroatoms. The SMILES string of the molecule is Oc1cc2oc3c(O)c4c(O)c(O)c(O)c(O)c4c(O)c3c2c(O)c1O. The predicted octanol–water partition coefficient (Wildman–Crippen LogP) is 2.09. The Morgan fingerprint density at radius 2 is 0.962 bits per heavy atom. The summed E-state index contributed by atoms with van der Waals surface area (Å²) in [5.41, 5.74) is -0.730. The number of hydrogen-bond donors (Lipinski definition) is 9. The highest BCUT2D eigenvalue weighted by molar-refractivity contribution is 6.23. The molecule has 0 atom stereocenters. The fraction of sp³-hybridized carbons (Fsp3) is 0. The van der Waals surface area contributed by atoms with Gasteiger partial charge in [0.05, 0.1) is 21.5 Å². The van der Waals surface area contributed by atoms with Crippen LogP contribution in [0.1, 0.15) is 0 Å². The third-order valence-corrected chi connectivity index (χ3v) is 4.23. The van der Waals surface area contributed by atoms with Gasteiger partial charge in [-0.05, 0) is 0 Å². The fourth-order valence-electron chi connectivity index (χ4n) is 3.01. The van der Waals surface area contributed by atoms with Crippen molar-refractivity contribution in [3.8, 4) is 51.7 Å². The van der Waals surface area contributed by atoms with Gasteiger partial charge in [-0.3, -0.25) is 0 Å². The minimum absolute atomic E-state index is 0.249. The van der Waals surface area contributed by atoms with Crippen LogP contribution in [0.2, 0.25) is 0 Å². The van der Waals surface area contributed by atoms with Crippen molar-refractivity contribution in [2.75, 3.05) is 0 Å². The third kappa shape index (κ3) is 1.55. The van der Waals surface area contributed by atoms with Gasteiger partial charge in [0.25, 0.3) is 0 Å². The van der Waals surface area contributed by atoms with Crippen molar-refractivity contribution in [1.29, 1.82) is 0 Å². The quantitative estimate of drug-likeness (QED) is 0.165. The molecule has 0 fully saturated rings. The third-order valence-electron chi connectivity index (χ3n) is 4.23. The van der Waals surface area contributed by atoms with E-state index in [0.717, 1.165) is 6.07 Å². The number of phenolic OH excluding ortho intramolecular Hbond substituents is 9. The minimum atomic E-state index is -1.15. The summed E-state index contributed by atoms with van der Waals surface area (Å²) in [6.45, 7) is 0. The molecule has 4 rings (SSSR count). The monoisotopic (exact) mass is 362 g/mol. The van der Waals surface area contributed by atoms with Gasteiger partial charge in [0.1, 0.15) is 11.3 Å². The molecule has 1 heterocycles. The van der Waals surface area contributed by atoms with E-state index in [1.165, 1.54) is 0 Å². The van der Waals surface area contributed by atoms with Crippen LogP contribution in [0, 0.1) is 0 Å². The maximum absolute atomic E-state index is 10.5. The first kappa shape index (κ1) is 15.4. The Balaban J connectivity index is 2.41.